The van der Waals surface area contributed by atoms with Crippen molar-refractivity contribution in [2.75, 3.05) is 0 Å². The number of fused-ring (bicyclic) bond motifs is 1. The van der Waals surface area contributed by atoms with Gasteiger partial charge in [0.15, 0.2) is 5.76 Å². The van der Waals surface area contributed by atoms with E-state index in [0.717, 1.165) is 4.47 Å². The molecule has 0 unspecified atom stereocenters. The molecule has 0 radical (unpaired) electrons. The van der Waals surface area contributed by atoms with Crippen molar-refractivity contribution in [3.63, 3.8) is 0 Å². The normalized spacial score (nSPS) is 11.0. The van der Waals surface area contributed by atoms with Crippen molar-refractivity contribution in [2.45, 2.75) is 0 Å². The van der Waals surface area contributed by atoms with Crippen LogP contribution in [-0.2, 0) is 0 Å². The molecule has 0 bridgehead atoms. The third-order valence-corrected chi connectivity index (χ3v) is 4.98. The molecule has 2 heterocycles. The molecule has 5 nitrogen and oxygen atoms in total. The molecule has 0 fully saturated rings. The van der Waals surface area contributed by atoms with Crippen LogP contribution in [0.15, 0.2) is 69.7 Å². The van der Waals surface area contributed by atoms with Gasteiger partial charge in [-0.05, 0) is 36.4 Å². The Bertz CT molecular complexity index is 1210. The lowest BCUT2D eigenvalue weighted by atomic mass is 10.2. The highest BCUT2D eigenvalue weighted by Gasteiger charge is 2.21. The summed E-state index contributed by atoms with van der Waals surface area (Å²) in [6.07, 6.45) is 1.31. The fourth-order valence-electron chi connectivity index (χ4n) is 2.92. The number of aromatic nitrogens is 1. The van der Waals surface area contributed by atoms with E-state index in [4.69, 9.17) is 16.0 Å². The summed E-state index contributed by atoms with van der Waals surface area (Å²) in [5.41, 5.74) is 1.21. The van der Waals surface area contributed by atoms with Crippen LogP contribution in [0, 0.1) is 0 Å². The fourth-order valence-corrected chi connectivity index (χ4v) is 3.69. The average molecular weight is 445 g/mol. The minimum absolute atomic E-state index is 0.0571. The number of para-hydroxylation sites is 1. The lowest BCUT2D eigenvalue weighted by molar-refractivity contribution is 0.0699. The highest BCUT2D eigenvalue weighted by molar-refractivity contribution is 9.10. The SMILES string of the molecule is O=C(O)c1cn(C(=O)c2ccc(-c3ccc(Br)cc3Cl)o2)c2ccccc12. The molecule has 2 aromatic carbocycles. The van der Waals surface area contributed by atoms with Gasteiger partial charge >= 0.3 is 5.97 Å². The maximum absolute atomic E-state index is 12.9. The van der Waals surface area contributed by atoms with Crippen LogP contribution in [0.4, 0.5) is 0 Å². The molecule has 4 rings (SSSR count). The van der Waals surface area contributed by atoms with Gasteiger partial charge in [0.1, 0.15) is 5.76 Å². The first kappa shape index (κ1) is 17.6. The van der Waals surface area contributed by atoms with Crippen LogP contribution in [0.5, 0.6) is 0 Å². The second-order valence-corrected chi connectivity index (χ2v) is 7.15. The molecule has 1 N–H and O–H groups in total. The van der Waals surface area contributed by atoms with Crippen molar-refractivity contribution in [2.24, 2.45) is 0 Å². The Morgan fingerprint density at radius 2 is 1.85 bits per heavy atom. The van der Waals surface area contributed by atoms with Crippen molar-refractivity contribution in [1.82, 2.24) is 4.57 Å². The Balaban J connectivity index is 1.78. The van der Waals surface area contributed by atoms with Gasteiger partial charge in [-0.25, -0.2) is 4.79 Å². The lowest BCUT2D eigenvalue weighted by Crippen LogP contribution is -2.09. The van der Waals surface area contributed by atoms with Gasteiger partial charge in [0.05, 0.1) is 16.1 Å². The van der Waals surface area contributed by atoms with Crippen LogP contribution >= 0.6 is 27.5 Å². The molecule has 0 saturated heterocycles. The van der Waals surface area contributed by atoms with Gasteiger partial charge in [-0.15, -0.1) is 0 Å². The maximum atomic E-state index is 12.9. The summed E-state index contributed by atoms with van der Waals surface area (Å²) in [5.74, 6) is -1.02. The topological polar surface area (TPSA) is 72.4 Å². The molecule has 0 aliphatic carbocycles. The number of benzene rings is 2. The first-order valence-electron chi connectivity index (χ1n) is 7.89. The third kappa shape index (κ3) is 3.07. The first-order chi connectivity index (χ1) is 13.0. The zero-order chi connectivity index (χ0) is 19.1. The minimum Gasteiger partial charge on any atom is -0.478 e. The Kier molecular flexibility index (Phi) is 4.37. The van der Waals surface area contributed by atoms with E-state index < -0.39 is 11.9 Å². The summed E-state index contributed by atoms with van der Waals surface area (Å²) in [5, 5.41) is 10.4. The van der Waals surface area contributed by atoms with E-state index in [2.05, 4.69) is 15.9 Å². The van der Waals surface area contributed by atoms with Crippen LogP contribution in [0.2, 0.25) is 5.02 Å². The Hall–Kier alpha value is -2.83. The van der Waals surface area contributed by atoms with E-state index >= 15 is 0 Å². The highest BCUT2D eigenvalue weighted by Crippen LogP contribution is 2.32. The number of nitrogens with zero attached hydrogens (tertiary/aromatic N) is 1. The van der Waals surface area contributed by atoms with Gasteiger partial charge < -0.3 is 9.52 Å². The number of halogens is 2. The molecule has 0 amide bonds. The maximum Gasteiger partial charge on any atom is 0.337 e. The predicted octanol–water partition coefficient (Wildman–Crippen LogP) is 5.70. The largest absolute Gasteiger partial charge is 0.478 e. The highest BCUT2D eigenvalue weighted by atomic mass is 79.9. The molecule has 2 aromatic heterocycles. The van der Waals surface area contributed by atoms with Crippen LogP contribution in [-0.4, -0.2) is 21.6 Å². The summed E-state index contributed by atoms with van der Waals surface area (Å²) in [6.45, 7) is 0. The number of carbonyl (C=O) groups excluding carboxylic acids is 1. The number of carbonyl (C=O) groups is 2. The number of rotatable bonds is 3. The van der Waals surface area contributed by atoms with E-state index in [1.54, 1.807) is 48.5 Å². The number of aromatic carboxylic acids is 1. The van der Waals surface area contributed by atoms with Gasteiger partial charge in [-0.2, -0.15) is 0 Å². The Morgan fingerprint density at radius 3 is 2.59 bits per heavy atom. The third-order valence-electron chi connectivity index (χ3n) is 4.17. The van der Waals surface area contributed by atoms with E-state index in [1.807, 2.05) is 6.07 Å². The van der Waals surface area contributed by atoms with Gasteiger partial charge in [0.2, 0.25) is 0 Å². The smallest absolute Gasteiger partial charge is 0.337 e. The molecular weight excluding hydrogens is 434 g/mol. The van der Waals surface area contributed by atoms with Crippen molar-refractivity contribution in [3.05, 3.63) is 81.6 Å². The van der Waals surface area contributed by atoms with Crippen molar-refractivity contribution >= 4 is 50.3 Å². The molecular formula is C20H11BrClNO4. The van der Waals surface area contributed by atoms with Crippen LogP contribution < -0.4 is 0 Å². The zero-order valence-electron chi connectivity index (χ0n) is 13.6. The molecule has 134 valence electrons. The molecule has 7 heteroatoms. The standard InChI is InChI=1S/C20H11BrClNO4/c21-11-5-6-13(15(22)9-11)17-7-8-18(27-17)19(24)23-10-14(20(25)26)12-3-1-2-4-16(12)23/h1-10H,(H,25,26). The van der Waals surface area contributed by atoms with E-state index in [9.17, 15) is 14.7 Å². The Labute approximate surface area is 166 Å². The zero-order valence-corrected chi connectivity index (χ0v) is 16.0. The van der Waals surface area contributed by atoms with Crippen LogP contribution in [0.1, 0.15) is 20.9 Å². The molecule has 0 atom stereocenters. The molecule has 0 aliphatic heterocycles. The molecule has 0 saturated carbocycles. The number of carboxylic acids is 1. The second kappa shape index (κ2) is 6.72. The minimum atomic E-state index is -1.10. The summed E-state index contributed by atoms with van der Waals surface area (Å²) < 4.78 is 7.82. The van der Waals surface area contributed by atoms with Gasteiger partial charge in [-0.3, -0.25) is 9.36 Å². The van der Waals surface area contributed by atoms with E-state index in [0.29, 0.717) is 27.2 Å². The number of hydrogen-bond acceptors (Lipinski definition) is 3. The van der Waals surface area contributed by atoms with Crippen molar-refractivity contribution in [1.29, 1.82) is 0 Å². The number of hydrogen-bond donors (Lipinski definition) is 1. The van der Waals surface area contributed by atoms with Crippen LogP contribution in [0.25, 0.3) is 22.2 Å². The van der Waals surface area contributed by atoms with E-state index in [-0.39, 0.29) is 11.3 Å². The molecule has 0 aliphatic rings. The predicted molar refractivity (Wildman–Crippen MR) is 105 cm³/mol. The number of carboxylic acid groups (broad SMARTS) is 1. The fraction of sp³-hybridized carbons (Fsp3) is 0. The lowest BCUT2D eigenvalue weighted by Gasteiger charge is -2.03. The van der Waals surface area contributed by atoms with Crippen LogP contribution in [0.3, 0.4) is 0 Å². The quantitative estimate of drug-likeness (QED) is 0.440. The molecule has 0 spiro atoms. The summed E-state index contributed by atoms with van der Waals surface area (Å²) in [6, 6.07) is 15.4. The summed E-state index contributed by atoms with van der Waals surface area (Å²) in [7, 11) is 0. The second-order valence-electron chi connectivity index (χ2n) is 5.83. The first-order valence-corrected chi connectivity index (χ1v) is 9.06. The van der Waals surface area contributed by atoms with Gasteiger partial charge in [-0.1, -0.05) is 45.7 Å². The van der Waals surface area contributed by atoms with Crippen molar-refractivity contribution in [3.8, 4) is 11.3 Å². The van der Waals surface area contributed by atoms with Gasteiger partial charge in [0, 0.05) is 21.6 Å². The van der Waals surface area contributed by atoms with Gasteiger partial charge in [0.25, 0.3) is 5.91 Å². The number of furan rings is 1. The Morgan fingerprint density at radius 1 is 1.07 bits per heavy atom. The molecule has 4 aromatic rings. The summed E-state index contributed by atoms with van der Waals surface area (Å²) in [4.78, 5) is 24.4. The summed E-state index contributed by atoms with van der Waals surface area (Å²) >= 11 is 9.59. The monoisotopic (exact) mass is 443 g/mol. The van der Waals surface area contributed by atoms with E-state index in [1.165, 1.54) is 10.8 Å². The molecule has 27 heavy (non-hydrogen) atoms. The van der Waals surface area contributed by atoms with Crippen molar-refractivity contribution < 1.29 is 19.1 Å². The average Bonchev–Trinajstić information content (AvgIpc) is 3.26.